The average Bonchev–Trinajstić information content (AvgIpc) is 3.06. The molecule has 10 nitrogen and oxygen atoms in total. The van der Waals surface area contributed by atoms with Crippen LogP contribution in [0.3, 0.4) is 0 Å². The molecule has 0 unspecified atom stereocenters. The van der Waals surface area contributed by atoms with Crippen molar-refractivity contribution in [2.24, 2.45) is 0 Å². The monoisotopic (exact) mass is 472 g/mol. The Hall–Kier alpha value is -2.02. The van der Waals surface area contributed by atoms with Gasteiger partial charge in [0.05, 0.1) is 11.6 Å². The molecule has 31 heavy (non-hydrogen) atoms. The number of rotatable bonds is 7. The number of para-hydroxylation sites is 1. The zero-order valence-corrected chi connectivity index (χ0v) is 18.6. The number of aliphatic hydroxyl groups excluding tert-OH is 3. The van der Waals surface area contributed by atoms with Crippen LogP contribution in [0.2, 0.25) is 5.02 Å². The molecule has 1 aliphatic heterocycles. The lowest BCUT2D eigenvalue weighted by atomic mass is 9.96. The van der Waals surface area contributed by atoms with Gasteiger partial charge in [-0.15, -0.1) is 0 Å². The van der Waals surface area contributed by atoms with E-state index in [-0.39, 0.29) is 11.4 Å². The normalized spacial score (nSPS) is 25.9. The van der Waals surface area contributed by atoms with Crippen LogP contribution in [0, 0.1) is 4.77 Å². The molecule has 0 bridgehead atoms. The summed E-state index contributed by atoms with van der Waals surface area (Å²) in [6, 6.07) is 5.97. The maximum atomic E-state index is 11.7. The van der Waals surface area contributed by atoms with Crippen molar-refractivity contribution in [2.75, 3.05) is 6.61 Å². The van der Waals surface area contributed by atoms with Crippen LogP contribution < -0.4 is 10.1 Å². The molecule has 0 spiro atoms. The zero-order chi connectivity index (χ0) is 22.7. The summed E-state index contributed by atoms with van der Waals surface area (Å²) in [5.74, 6) is 0.519. The van der Waals surface area contributed by atoms with Crippen molar-refractivity contribution in [1.29, 1.82) is 0 Å². The van der Waals surface area contributed by atoms with Crippen LogP contribution >= 0.6 is 23.8 Å². The van der Waals surface area contributed by atoms with Gasteiger partial charge in [-0.3, -0.25) is 4.79 Å². The highest BCUT2D eigenvalue weighted by Crippen LogP contribution is 2.29. The van der Waals surface area contributed by atoms with Crippen LogP contribution in [0.5, 0.6) is 5.75 Å². The molecule has 2 heterocycles. The summed E-state index contributed by atoms with van der Waals surface area (Å²) >= 11 is 11.7. The van der Waals surface area contributed by atoms with Crippen LogP contribution in [0.25, 0.3) is 0 Å². The predicted octanol–water partition coefficient (Wildman–Crippen LogP) is 0.783. The fraction of sp³-hybridized carbons (Fsp3) is 0.526. The molecular formula is C19H25ClN4O6S. The van der Waals surface area contributed by atoms with Crippen molar-refractivity contribution in [1.82, 2.24) is 19.7 Å². The van der Waals surface area contributed by atoms with Crippen molar-refractivity contribution in [3.63, 3.8) is 0 Å². The Labute approximate surface area is 189 Å². The minimum absolute atomic E-state index is 0.0559. The first-order valence-electron chi connectivity index (χ1n) is 9.73. The molecule has 0 aliphatic carbocycles. The average molecular weight is 473 g/mol. The highest BCUT2D eigenvalue weighted by Gasteiger charge is 2.46. The number of benzene rings is 1. The summed E-state index contributed by atoms with van der Waals surface area (Å²) < 4.78 is 14.9. The molecule has 1 fully saturated rings. The van der Waals surface area contributed by atoms with E-state index in [0.29, 0.717) is 23.1 Å². The Bertz CT molecular complexity index is 983. The fourth-order valence-electron chi connectivity index (χ4n) is 3.45. The predicted molar refractivity (Wildman–Crippen MR) is 113 cm³/mol. The Morgan fingerprint density at radius 1 is 1.35 bits per heavy atom. The van der Waals surface area contributed by atoms with Gasteiger partial charge in [0, 0.05) is 13.5 Å². The summed E-state index contributed by atoms with van der Waals surface area (Å²) in [7, 11) is 0. The van der Waals surface area contributed by atoms with E-state index in [1.165, 1.54) is 11.6 Å². The van der Waals surface area contributed by atoms with E-state index >= 15 is 0 Å². The van der Waals surface area contributed by atoms with Gasteiger partial charge in [-0.2, -0.15) is 5.10 Å². The zero-order valence-electron chi connectivity index (χ0n) is 17.0. The highest BCUT2D eigenvalue weighted by molar-refractivity contribution is 7.71. The second-order valence-electron chi connectivity index (χ2n) is 7.06. The summed E-state index contributed by atoms with van der Waals surface area (Å²) in [6.45, 7) is 3.16. The highest BCUT2D eigenvalue weighted by atomic mass is 35.5. The Morgan fingerprint density at radius 3 is 2.68 bits per heavy atom. The van der Waals surface area contributed by atoms with E-state index in [0.717, 1.165) is 0 Å². The van der Waals surface area contributed by atoms with Crippen LogP contribution in [-0.4, -0.2) is 66.5 Å². The Kier molecular flexibility index (Phi) is 7.68. The third-order valence-electron chi connectivity index (χ3n) is 4.98. The summed E-state index contributed by atoms with van der Waals surface area (Å²) in [5, 5.41) is 37.8. The van der Waals surface area contributed by atoms with Gasteiger partial charge in [-0.1, -0.05) is 23.7 Å². The maximum absolute atomic E-state index is 11.7. The number of ether oxygens (including phenoxy) is 2. The van der Waals surface area contributed by atoms with Crippen LogP contribution in [-0.2, 0) is 22.7 Å². The van der Waals surface area contributed by atoms with Crippen molar-refractivity contribution >= 4 is 29.7 Å². The number of nitrogens with one attached hydrogen (secondary N) is 1. The second-order valence-corrected chi connectivity index (χ2v) is 7.83. The molecule has 1 aliphatic rings. The largest absolute Gasteiger partial charge is 0.484 e. The van der Waals surface area contributed by atoms with Gasteiger partial charge in [0.15, 0.2) is 16.8 Å². The minimum atomic E-state index is -1.41. The lowest BCUT2D eigenvalue weighted by Gasteiger charge is -2.42. The molecule has 1 amide bonds. The van der Waals surface area contributed by atoms with E-state index in [2.05, 4.69) is 10.4 Å². The third-order valence-corrected chi connectivity index (χ3v) is 5.70. The number of nitrogens with zero attached hydrogens (tertiary/aromatic N) is 3. The van der Waals surface area contributed by atoms with Crippen molar-refractivity contribution in [3.05, 3.63) is 39.9 Å². The van der Waals surface area contributed by atoms with Gasteiger partial charge >= 0.3 is 0 Å². The number of aliphatic hydroxyl groups is 3. The van der Waals surface area contributed by atoms with E-state index in [1.807, 2.05) is 6.92 Å². The number of carbonyl (C=O) groups excluding carboxylic acids is 1. The number of amides is 1. The molecule has 5 atom stereocenters. The number of hydrogen-bond donors (Lipinski definition) is 4. The molecule has 1 aromatic heterocycles. The van der Waals surface area contributed by atoms with E-state index in [9.17, 15) is 20.1 Å². The molecule has 12 heteroatoms. The van der Waals surface area contributed by atoms with Crippen LogP contribution in [0.15, 0.2) is 24.3 Å². The standard InChI is InChI=1S/C19H25ClN4O6S/c1-3-23-14(9-29-12-7-5-4-6-11(12)20)22-24(19(23)31)18-15(21-10(2)26)17(28)16(27)13(8-25)30-18/h4-7,13,15-18,25,27-28H,3,8-9H2,1-2H3,(H,21,26)/t13-,15-,16-,17-,18-/m1/s1. The molecule has 0 saturated carbocycles. The quantitative estimate of drug-likeness (QED) is 0.435. The number of aromatic nitrogens is 3. The first-order chi connectivity index (χ1) is 14.8. The van der Waals surface area contributed by atoms with Crippen molar-refractivity contribution < 1.29 is 29.6 Å². The third kappa shape index (κ3) is 4.92. The molecule has 2 aromatic rings. The van der Waals surface area contributed by atoms with E-state index < -0.39 is 43.1 Å². The molecule has 170 valence electrons. The maximum Gasteiger partial charge on any atom is 0.217 e. The van der Waals surface area contributed by atoms with Crippen LogP contribution in [0.4, 0.5) is 0 Å². The van der Waals surface area contributed by atoms with Crippen LogP contribution in [0.1, 0.15) is 25.9 Å². The number of hydrogen-bond acceptors (Lipinski definition) is 8. The molecule has 1 aromatic carbocycles. The summed E-state index contributed by atoms with van der Waals surface area (Å²) in [6.07, 6.45) is -4.94. The number of halogens is 1. The van der Waals surface area contributed by atoms with Gasteiger partial charge in [0.2, 0.25) is 5.91 Å². The molecule has 3 rings (SSSR count). The van der Waals surface area contributed by atoms with E-state index in [1.54, 1.807) is 28.8 Å². The fourth-order valence-corrected chi connectivity index (χ4v) is 4.02. The SMILES string of the molecule is CCn1c(COc2ccccc2Cl)nn([C@@H]2O[C@H](CO)[C@@H](O)[C@H](O)[C@H]2NC(C)=O)c1=S. The lowest BCUT2D eigenvalue weighted by Crippen LogP contribution is -2.62. The summed E-state index contributed by atoms with van der Waals surface area (Å²) in [4.78, 5) is 11.7. The molecule has 1 saturated heterocycles. The topological polar surface area (TPSA) is 131 Å². The molecule has 4 N–H and O–H groups in total. The van der Waals surface area contributed by atoms with Gasteiger partial charge in [-0.25, -0.2) is 4.68 Å². The summed E-state index contributed by atoms with van der Waals surface area (Å²) in [5.41, 5.74) is 0. The van der Waals surface area contributed by atoms with E-state index in [4.69, 9.17) is 33.3 Å². The van der Waals surface area contributed by atoms with Gasteiger partial charge in [0.25, 0.3) is 0 Å². The molecular weight excluding hydrogens is 448 g/mol. The smallest absolute Gasteiger partial charge is 0.217 e. The lowest BCUT2D eigenvalue weighted by molar-refractivity contribution is -0.219. The Balaban J connectivity index is 1.95. The first kappa shape index (κ1) is 23.6. The first-order valence-corrected chi connectivity index (χ1v) is 10.5. The van der Waals surface area contributed by atoms with Crippen molar-refractivity contribution in [3.8, 4) is 5.75 Å². The van der Waals surface area contributed by atoms with Crippen molar-refractivity contribution in [2.45, 2.75) is 57.6 Å². The number of carbonyl (C=O) groups is 1. The van der Waals surface area contributed by atoms with Gasteiger partial charge in [0.1, 0.15) is 36.7 Å². The molecule has 0 radical (unpaired) electrons. The van der Waals surface area contributed by atoms with Gasteiger partial charge in [-0.05, 0) is 31.3 Å². The second kappa shape index (κ2) is 10.1. The minimum Gasteiger partial charge on any atom is -0.484 e. The Morgan fingerprint density at radius 2 is 2.06 bits per heavy atom. The van der Waals surface area contributed by atoms with Gasteiger partial charge < -0.3 is 34.7 Å².